The van der Waals surface area contributed by atoms with Crippen LogP contribution < -0.4 is 5.32 Å². The molecule has 3 rings (SSSR count). The fourth-order valence-electron chi connectivity index (χ4n) is 2.21. The van der Waals surface area contributed by atoms with Crippen molar-refractivity contribution in [3.63, 3.8) is 0 Å². The number of rotatable bonds is 4. The second kappa shape index (κ2) is 4.11. The molecule has 0 aliphatic heterocycles. The van der Waals surface area contributed by atoms with Crippen molar-refractivity contribution in [1.29, 1.82) is 0 Å². The number of aromatic nitrogens is 3. The molecule has 0 spiro atoms. The van der Waals surface area contributed by atoms with E-state index in [4.69, 9.17) is 0 Å². The third-order valence-electron chi connectivity index (χ3n) is 3.50. The third-order valence-corrected chi connectivity index (χ3v) is 3.50. The van der Waals surface area contributed by atoms with Crippen LogP contribution in [0, 0.1) is 18.8 Å². The lowest BCUT2D eigenvalue weighted by Crippen LogP contribution is -2.17. The molecule has 0 saturated heterocycles. The van der Waals surface area contributed by atoms with E-state index in [9.17, 15) is 0 Å². The molecule has 2 atom stereocenters. The average Bonchev–Trinajstić information content (AvgIpc) is 2.86. The lowest BCUT2D eigenvalue weighted by atomic mass is 10.3. The van der Waals surface area contributed by atoms with E-state index in [1.807, 2.05) is 23.7 Å². The van der Waals surface area contributed by atoms with Gasteiger partial charge in [0, 0.05) is 30.6 Å². The monoisotopic (exact) mass is 230 g/mol. The molecule has 2 aromatic rings. The van der Waals surface area contributed by atoms with Gasteiger partial charge < -0.3 is 5.32 Å². The SMILES string of the molecule is Cc1cc2ncc(CNCC3CC3C)cn2n1. The van der Waals surface area contributed by atoms with Crippen molar-refractivity contribution < 1.29 is 0 Å². The van der Waals surface area contributed by atoms with Gasteiger partial charge >= 0.3 is 0 Å². The molecule has 0 radical (unpaired) electrons. The Bertz CT molecular complexity index is 531. The molecule has 1 aliphatic rings. The summed E-state index contributed by atoms with van der Waals surface area (Å²) in [6.45, 7) is 6.30. The van der Waals surface area contributed by atoms with E-state index in [1.54, 1.807) is 0 Å². The molecule has 0 amide bonds. The Labute approximate surface area is 101 Å². The van der Waals surface area contributed by atoms with E-state index in [1.165, 1.54) is 12.0 Å². The van der Waals surface area contributed by atoms with Gasteiger partial charge in [0.05, 0.1) is 5.69 Å². The second-order valence-corrected chi connectivity index (χ2v) is 5.15. The summed E-state index contributed by atoms with van der Waals surface area (Å²) in [6.07, 6.45) is 5.36. The number of hydrogen-bond donors (Lipinski definition) is 1. The van der Waals surface area contributed by atoms with Crippen LogP contribution in [-0.4, -0.2) is 21.1 Å². The highest BCUT2D eigenvalue weighted by molar-refractivity contribution is 5.38. The summed E-state index contributed by atoms with van der Waals surface area (Å²) in [5, 5.41) is 7.85. The Morgan fingerprint density at radius 1 is 1.53 bits per heavy atom. The number of fused-ring (bicyclic) bond motifs is 1. The third kappa shape index (κ3) is 2.31. The van der Waals surface area contributed by atoms with Gasteiger partial charge in [0.1, 0.15) is 0 Å². The summed E-state index contributed by atoms with van der Waals surface area (Å²) in [6, 6.07) is 1.99. The van der Waals surface area contributed by atoms with Gasteiger partial charge in [-0.05, 0) is 31.7 Å². The molecule has 1 aliphatic carbocycles. The minimum atomic E-state index is 0.880. The van der Waals surface area contributed by atoms with E-state index in [2.05, 4.69) is 28.5 Å². The highest BCUT2D eigenvalue weighted by atomic mass is 15.2. The van der Waals surface area contributed by atoms with Gasteiger partial charge in [-0.3, -0.25) is 0 Å². The number of nitrogens with zero attached hydrogens (tertiary/aromatic N) is 3. The summed E-state index contributed by atoms with van der Waals surface area (Å²) in [5.74, 6) is 1.80. The van der Waals surface area contributed by atoms with Crippen molar-refractivity contribution in [2.75, 3.05) is 6.54 Å². The molecule has 0 aromatic carbocycles. The van der Waals surface area contributed by atoms with Crippen LogP contribution >= 0.6 is 0 Å². The van der Waals surface area contributed by atoms with Crippen LogP contribution in [0.25, 0.3) is 5.65 Å². The zero-order valence-corrected chi connectivity index (χ0v) is 10.3. The number of nitrogens with one attached hydrogen (secondary N) is 1. The minimum Gasteiger partial charge on any atom is -0.312 e. The first-order chi connectivity index (χ1) is 8.22. The maximum atomic E-state index is 4.39. The Hall–Kier alpha value is -1.42. The van der Waals surface area contributed by atoms with Crippen molar-refractivity contribution in [1.82, 2.24) is 19.9 Å². The van der Waals surface area contributed by atoms with Crippen LogP contribution in [0.2, 0.25) is 0 Å². The van der Waals surface area contributed by atoms with Gasteiger partial charge in [-0.1, -0.05) is 6.92 Å². The lowest BCUT2D eigenvalue weighted by molar-refractivity contribution is 0.609. The standard InChI is InChI=1S/C13H18N4/c1-9-3-12(9)7-14-5-11-6-15-13-4-10(2)16-17(13)8-11/h4,6,8-9,12,14H,3,5,7H2,1-2H3. The van der Waals surface area contributed by atoms with E-state index in [0.29, 0.717) is 0 Å². The molecule has 2 unspecified atom stereocenters. The van der Waals surface area contributed by atoms with Gasteiger partial charge in [0.25, 0.3) is 0 Å². The summed E-state index contributed by atoms with van der Waals surface area (Å²) >= 11 is 0. The zero-order valence-electron chi connectivity index (χ0n) is 10.3. The molecule has 90 valence electrons. The number of aryl methyl sites for hydroxylation is 1. The molecular weight excluding hydrogens is 212 g/mol. The molecule has 2 aromatic heterocycles. The Morgan fingerprint density at radius 2 is 2.35 bits per heavy atom. The van der Waals surface area contributed by atoms with Crippen molar-refractivity contribution in [2.45, 2.75) is 26.8 Å². The van der Waals surface area contributed by atoms with E-state index in [0.717, 1.165) is 36.3 Å². The Kier molecular flexibility index (Phi) is 2.59. The van der Waals surface area contributed by atoms with Crippen LogP contribution in [0.4, 0.5) is 0 Å². The first-order valence-corrected chi connectivity index (χ1v) is 6.24. The van der Waals surface area contributed by atoms with Crippen LogP contribution in [0.3, 0.4) is 0 Å². The quantitative estimate of drug-likeness (QED) is 0.870. The molecule has 1 saturated carbocycles. The van der Waals surface area contributed by atoms with Crippen LogP contribution in [0.1, 0.15) is 24.6 Å². The maximum absolute atomic E-state index is 4.39. The van der Waals surface area contributed by atoms with Crippen molar-refractivity contribution in [3.8, 4) is 0 Å². The fraction of sp³-hybridized carbons (Fsp3) is 0.538. The van der Waals surface area contributed by atoms with Gasteiger partial charge in [-0.2, -0.15) is 5.10 Å². The zero-order chi connectivity index (χ0) is 11.8. The minimum absolute atomic E-state index is 0.880. The fourth-order valence-corrected chi connectivity index (χ4v) is 2.21. The van der Waals surface area contributed by atoms with E-state index >= 15 is 0 Å². The predicted octanol–water partition coefficient (Wildman–Crippen LogP) is 1.78. The van der Waals surface area contributed by atoms with E-state index in [-0.39, 0.29) is 0 Å². The average molecular weight is 230 g/mol. The molecular formula is C13H18N4. The van der Waals surface area contributed by atoms with Crippen molar-refractivity contribution in [3.05, 3.63) is 29.7 Å². The molecule has 4 heteroatoms. The molecule has 1 N–H and O–H groups in total. The summed E-state index contributed by atoms with van der Waals surface area (Å²) in [5.41, 5.74) is 3.12. The molecule has 2 heterocycles. The first-order valence-electron chi connectivity index (χ1n) is 6.24. The molecule has 4 nitrogen and oxygen atoms in total. The number of hydrogen-bond acceptors (Lipinski definition) is 3. The normalized spacial score (nSPS) is 23.2. The topological polar surface area (TPSA) is 42.2 Å². The summed E-state index contributed by atoms with van der Waals surface area (Å²) in [4.78, 5) is 4.39. The van der Waals surface area contributed by atoms with Crippen LogP contribution in [-0.2, 0) is 6.54 Å². The van der Waals surface area contributed by atoms with Gasteiger partial charge in [-0.15, -0.1) is 0 Å². The van der Waals surface area contributed by atoms with Crippen LogP contribution in [0.5, 0.6) is 0 Å². The Morgan fingerprint density at radius 3 is 3.12 bits per heavy atom. The second-order valence-electron chi connectivity index (χ2n) is 5.15. The van der Waals surface area contributed by atoms with Crippen molar-refractivity contribution in [2.24, 2.45) is 11.8 Å². The largest absolute Gasteiger partial charge is 0.312 e. The maximum Gasteiger partial charge on any atom is 0.155 e. The highest BCUT2D eigenvalue weighted by Gasteiger charge is 2.31. The molecule has 17 heavy (non-hydrogen) atoms. The summed E-state index contributed by atoms with van der Waals surface area (Å²) in [7, 11) is 0. The highest BCUT2D eigenvalue weighted by Crippen LogP contribution is 2.36. The van der Waals surface area contributed by atoms with Crippen LogP contribution in [0.15, 0.2) is 18.5 Å². The lowest BCUT2D eigenvalue weighted by Gasteiger charge is -2.04. The van der Waals surface area contributed by atoms with Gasteiger partial charge in [0.2, 0.25) is 0 Å². The van der Waals surface area contributed by atoms with E-state index < -0.39 is 0 Å². The Balaban J connectivity index is 1.64. The first kappa shape index (κ1) is 10.7. The van der Waals surface area contributed by atoms with Gasteiger partial charge in [0.15, 0.2) is 5.65 Å². The molecule has 0 bridgehead atoms. The van der Waals surface area contributed by atoms with Crippen molar-refractivity contribution >= 4 is 5.65 Å². The smallest absolute Gasteiger partial charge is 0.155 e. The predicted molar refractivity (Wildman–Crippen MR) is 66.7 cm³/mol. The van der Waals surface area contributed by atoms with Gasteiger partial charge in [-0.25, -0.2) is 9.50 Å². The summed E-state index contributed by atoms with van der Waals surface area (Å²) < 4.78 is 1.85. The molecule has 1 fully saturated rings.